The zero-order valence-corrected chi connectivity index (χ0v) is 15.9. The summed E-state index contributed by atoms with van der Waals surface area (Å²) in [6.07, 6.45) is 1.40. The van der Waals surface area contributed by atoms with E-state index in [1.165, 1.54) is 10.4 Å². The first-order valence-electron chi connectivity index (χ1n) is 8.52. The lowest BCUT2D eigenvalue weighted by Gasteiger charge is -2.31. The Kier molecular flexibility index (Phi) is 4.46. The van der Waals surface area contributed by atoms with Crippen molar-refractivity contribution in [3.8, 4) is 0 Å². The minimum atomic E-state index is -3.52. The summed E-state index contributed by atoms with van der Waals surface area (Å²) >= 11 is 5.95. The minimum absolute atomic E-state index is 0.147. The lowest BCUT2D eigenvalue weighted by Crippen LogP contribution is -2.39. The Labute approximate surface area is 157 Å². The van der Waals surface area contributed by atoms with E-state index in [0.29, 0.717) is 31.0 Å². The Morgan fingerprint density at radius 1 is 1.12 bits per heavy atom. The molecule has 1 aliphatic heterocycles. The van der Waals surface area contributed by atoms with Crippen LogP contribution in [0.25, 0.3) is 11.0 Å². The number of aromatic nitrogens is 3. The van der Waals surface area contributed by atoms with Gasteiger partial charge in [-0.3, -0.25) is 0 Å². The van der Waals surface area contributed by atoms with E-state index >= 15 is 0 Å². The highest BCUT2D eigenvalue weighted by Gasteiger charge is 2.31. The molecule has 2 aromatic carbocycles. The third kappa shape index (κ3) is 3.11. The number of rotatable bonds is 3. The molecule has 26 heavy (non-hydrogen) atoms. The zero-order chi connectivity index (χ0) is 18.3. The molecule has 6 nitrogen and oxygen atoms in total. The lowest BCUT2D eigenvalue weighted by molar-refractivity contribution is 0.263. The van der Waals surface area contributed by atoms with Gasteiger partial charge < -0.3 is 0 Å². The maximum Gasteiger partial charge on any atom is 0.243 e. The van der Waals surface area contributed by atoms with Crippen molar-refractivity contribution in [1.82, 2.24) is 19.3 Å². The summed E-state index contributed by atoms with van der Waals surface area (Å²) < 4.78 is 29.1. The number of fused-ring (bicyclic) bond motifs is 1. The van der Waals surface area contributed by atoms with Crippen molar-refractivity contribution in [2.45, 2.75) is 30.7 Å². The number of halogens is 1. The SMILES string of the molecule is Cc1ccc2c(c1)nnn2C1CCN(S(=O)(=O)c2cccc(Cl)c2)CC1. The van der Waals surface area contributed by atoms with Gasteiger partial charge in [0.2, 0.25) is 10.0 Å². The van der Waals surface area contributed by atoms with Crippen molar-refractivity contribution in [3.63, 3.8) is 0 Å². The van der Waals surface area contributed by atoms with Gasteiger partial charge in [0.05, 0.1) is 16.5 Å². The van der Waals surface area contributed by atoms with Crippen molar-refractivity contribution in [2.24, 2.45) is 0 Å². The third-order valence-corrected chi connectivity index (χ3v) is 6.96. The average molecular weight is 391 g/mol. The van der Waals surface area contributed by atoms with Crippen LogP contribution in [0.4, 0.5) is 0 Å². The van der Waals surface area contributed by atoms with Gasteiger partial charge >= 0.3 is 0 Å². The van der Waals surface area contributed by atoms with Crippen LogP contribution >= 0.6 is 11.6 Å². The van der Waals surface area contributed by atoms with Gasteiger partial charge in [-0.05, 0) is 55.7 Å². The molecule has 2 heterocycles. The summed E-state index contributed by atoms with van der Waals surface area (Å²) in [5.41, 5.74) is 3.01. The van der Waals surface area contributed by atoms with Gasteiger partial charge in [0.1, 0.15) is 5.52 Å². The first kappa shape index (κ1) is 17.5. The van der Waals surface area contributed by atoms with Gasteiger partial charge in [0.25, 0.3) is 0 Å². The van der Waals surface area contributed by atoms with E-state index in [1.54, 1.807) is 18.2 Å². The Bertz CT molecular complexity index is 1060. The molecule has 8 heteroatoms. The van der Waals surface area contributed by atoms with Crippen molar-refractivity contribution < 1.29 is 8.42 Å². The van der Waals surface area contributed by atoms with E-state index in [0.717, 1.165) is 16.6 Å². The number of aryl methyl sites for hydroxylation is 1. The van der Waals surface area contributed by atoms with E-state index in [2.05, 4.69) is 10.3 Å². The van der Waals surface area contributed by atoms with E-state index < -0.39 is 10.0 Å². The molecule has 136 valence electrons. The first-order chi connectivity index (χ1) is 12.4. The molecule has 0 amide bonds. The molecular weight excluding hydrogens is 372 g/mol. The Hall–Kier alpha value is -1.96. The highest BCUT2D eigenvalue weighted by Crippen LogP contribution is 2.29. The van der Waals surface area contributed by atoms with Gasteiger partial charge in [-0.1, -0.05) is 28.9 Å². The second kappa shape index (κ2) is 6.64. The van der Waals surface area contributed by atoms with Crippen molar-refractivity contribution in [3.05, 3.63) is 53.1 Å². The normalized spacial score (nSPS) is 17.0. The number of piperidine rings is 1. The molecule has 0 spiro atoms. The molecule has 0 atom stereocenters. The molecule has 0 bridgehead atoms. The molecule has 0 saturated carbocycles. The Morgan fingerprint density at radius 2 is 1.88 bits per heavy atom. The fraction of sp³-hybridized carbons (Fsp3) is 0.333. The van der Waals surface area contributed by atoms with Crippen LogP contribution in [0.2, 0.25) is 5.02 Å². The summed E-state index contributed by atoms with van der Waals surface area (Å²) in [5.74, 6) is 0. The van der Waals surface area contributed by atoms with E-state index in [1.807, 2.05) is 29.8 Å². The zero-order valence-electron chi connectivity index (χ0n) is 14.3. The standard InChI is InChI=1S/C18H19ClN4O2S/c1-13-5-6-18-17(11-13)20-21-23(18)15-7-9-22(10-8-15)26(24,25)16-4-2-3-14(19)12-16/h2-6,11-12,15H,7-10H2,1H3. The van der Waals surface area contributed by atoms with Gasteiger partial charge in [-0.2, -0.15) is 4.31 Å². The molecule has 0 unspecified atom stereocenters. The van der Waals surface area contributed by atoms with Crippen LogP contribution in [0.5, 0.6) is 0 Å². The van der Waals surface area contributed by atoms with Crippen LogP contribution in [-0.2, 0) is 10.0 Å². The maximum absolute atomic E-state index is 12.8. The molecule has 3 aromatic rings. The van der Waals surface area contributed by atoms with Gasteiger partial charge in [0, 0.05) is 18.1 Å². The monoisotopic (exact) mass is 390 g/mol. The van der Waals surface area contributed by atoms with Crippen LogP contribution in [0.15, 0.2) is 47.4 Å². The lowest BCUT2D eigenvalue weighted by atomic mass is 10.1. The van der Waals surface area contributed by atoms with Crippen molar-refractivity contribution in [2.75, 3.05) is 13.1 Å². The van der Waals surface area contributed by atoms with Crippen LogP contribution < -0.4 is 0 Å². The fourth-order valence-electron chi connectivity index (χ4n) is 3.43. The molecule has 1 aliphatic rings. The van der Waals surface area contributed by atoms with E-state index in [9.17, 15) is 8.42 Å². The predicted molar refractivity (Wildman–Crippen MR) is 101 cm³/mol. The highest BCUT2D eigenvalue weighted by atomic mass is 35.5. The van der Waals surface area contributed by atoms with Crippen molar-refractivity contribution in [1.29, 1.82) is 0 Å². The molecule has 1 saturated heterocycles. The van der Waals surface area contributed by atoms with E-state index in [4.69, 9.17) is 11.6 Å². The first-order valence-corrected chi connectivity index (χ1v) is 10.3. The average Bonchev–Trinajstić information content (AvgIpc) is 3.05. The molecule has 1 aromatic heterocycles. The number of hydrogen-bond acceptors (Lipinski definition) is 4. The van der Waals surface area contributed by atoms with Crippen LogP contribution in [-0.4, -0.2) is 40.8 Å². The summed E-state index contributed by atoms with van der Waals surface area (Å²) in [7, 11) is -3.52. The van der Waals surface area contributed by atoms with Crippen LogP contribution in [0.3, 0.4) is 0 Å². The fourth-order valence-corrected chi connectivity index (χ4v) is 5.20. The van der Waals surface area contributed by atoms with E-state index in [-0.39, 0.29) is 10.9 Å². The molecule has 0 N–H and O–H groups in total. The molecular formula is C18H19ClN4O2S. The third-order valence-electron chi connectivity index (χ3n) is 4.83. The largest absolute Gasteiger partial charge is 0.243 e. The molecule has 4 rings (SSSR count). The summed E-state index contributed by atoms with van der Waals surface area (Å²) in [6, 6.07) is 12.6. The summed E-state index contributed by atoms with van der Waals surface area (Å²) in [6.45, 7) is 2.93. The topological polar surface area (TPSA) is 68.1 Å². The van der Waals surface area contributed by atoms with Crippen LogP contribution in [0.1, 0.15) is 24.4 Å². The Balaban J connectivity index is 1.53. The molecule has 0 radical (unpaired) electrons. The Morgan fingerprint density at radius 3 is 2.62 bits per heavy atom. The smallest absolute Gasteiger partial charge is 0.242 e. The highest BCUT2D eigenvalue weighted by molar-refractivity contribution is 7.89. The second-order valence-corrected chi connectivity index (χ2v) is 8.99. The number of nitrogens with zero attached hydrogens (tertiary/aromatic N) is 4. The summed E-state index contributed by atoms with van der Waals surface area (Å²) in [4.78, 5) is 0.241. The predicted octanol–water partition coefficient (Wildman–Crippen LogP) is 3.42. The number of benzene rings is 2. The minimum Gasteiger partial charge on any atom is -0.242 e. The summed E-state index contributed by atoms with van der Waals surface area (Å²) in [5, 5.41) is 8.97. The molecule has 0 aliphatic carbocycles. The van der Waals surface area contributed by atoms with Gasteiger partial charge in [-0.25, -0.2) is 13.1 Å². The quantitative estimate of drug-likeness (QED) is 0.687. The number of hydrogen-bond donors (Lipinski definition) is 0. The van der Waals surface area contributed by atoms with Gasteiger partial charge in [-0.15, -0.1) is 5.10 Å². The van der Waals surface area contributed by atoms with Crippen molar-refractivity contribution >= 4 is 32.7 Å². The second-order valence-electron chi connectivity index (χ2n) is 6.62. The van der Waals surface area contributed by atoms with Crippen LogP contribution in [0, 0.1) is 6.92 Å². The van der Waals surface area contributed by atoms with Gasteiger partial charge in [0.15, 0.2) is 0 Å². The number of sulfonamides is 1. The molecule has 1 fully saturated rings. The maximum atomic E-state index is 12.8.